The lowest BCUT2D eigenvalue weighted by atomic mass is 9.81. The van der Waals surface area contributed by atoms with Gasteiger partial charge in [-0.1, -0.05) is 6.42 Å². The van der Waals surface area contributed by atoms with Gasteiger partial charge in [0.2, 0.25) is 0 Å². The van der Waals surface area contributed by atoms with Gasteiger partial charge in [0.1, 0.15) is 0 Å². The van der Waals surface area contributed by atoms with Crippen LogP contribution in [0.1, 0.15) is 37.7 Å². The van der Waals surface area contributed by atoms with Gasteiger partial charge >= 0.3 is 0 Å². The zero-order valence-electron chi connectivity index (χ0n) is 11.4. The van der Waals surface area contributed by atoms with E-state index >= 15 is 0 Å². The molecule has 21 heavy (non-hydrogen) atoms. The molecule has 1 aromatic carbocycles. The predicted octanol–water partition coefficient (Wildman–Crippen LogP) is 2.84. The first-order valence-corrected chi connectivity index (χ1v) is 8.41. The summed E-state index contributed by atoms with van der Waals surface area (Å²) in [4.78, 5) is 0. The Balaban J connectivity index is 1.82. The number of fused-ring (bicyclic) bond motifs is 2. The molecule has 1 aromatic rings. The summed E-state index contributed by atoms with van der Waals surface area (Å²) in [7, 11) is -0.921. The highest BCUT2D eigenvalue weighted by molar-refractivity contribution is 7.86. The normalized spacial score (nSPS) is 35.7. The Hall–Kier alpha value is -0.880. The number of rotatable bonds is 2. The SMILES string of the molecule is O=S1C2CCCC1CC(O)(Cc1cc(F)c(F)c(F)c1)C2. The van der Waals surface area contributed by atoms with Gasteiger partial charge in [-0.3, -0.25) is 4.21 Å². The summed E-state index contributed by atoms with van der Waals surface area (Å²) in [5, 5.41) is 10.6. The third kappa shape index (κ3) is 2.88. The fraction of sp³-hybridized carbons (Fsp3) is 0.600. The van der Waals surface area contributed by atoms with Crippen LogP contribution >= 0.6 is 0 Å². The molecule has 0 saturated carbocycles. The predicted molar refractivity (Wildman–Crippen MR) is 73.8 cm³/mol. The van der Waals surface area contributed by atoms with Crippen molar-refractivity contribution >= 4 is 10.8 Å². The molecule has 0 spiro atoms. The van der Waals surface area contributed by atoms with Gasteiger partial charge in [0.15, 0.2) is 17.5 Å². The van der Waals surface area contributed by atoms with Crippen molar-refractivity contribution in [3.8, 4) is 0 Å². The van der Waals surface area contributed by atoms with Gasteiger partial charge in [0, 0.05) is 27.7 Å². The highest BCUT2D eigenvalue weighted by Crippen LogP contribution is 2.40. The van der Waals surface area contributed by atoms with Crippen molar-refractivity contribution in [2.75, 3.05) is 0 Å². The maximum atomic E-state index is 13.3. The third-order valence-corrected chi connectivity index (χ3v) is 6.62. The number of benzene rings is 1. The minimum Gasteiger partial charge on any atom is -0.389 e. The van der Waals surface area contributed by atoms with Crippen LogP contribution in [0.3, 0.4) is 0 Å². The van der Waals surface area contributed by atoms with Gasteiger partial charge in [-0.15, -0.1) is 0 Å². The molecule has 2 nitrogen and oxygen atoms in total. The van der Waals surface area contributed by atoms with E-state index in [1.54, 1.807) is 0 Å². The van der Waals surface area contributed by atoms with E-state index in [0.29, 0.717) is 12.8 Å². The van der Waals surface area contributed by atoms with Crippen LogP contribution in [0.15, 0.2) is 12.1 Å². The Labute approximate surface area is 123 Å². The summed E-state index contributed by atoms with van der Waals surface area (Å²) in [6.45, 7) is 0. The van der Waals surface area contributed by atoms with E-state index in [-0.39, 0.29) is 22.5 Å². The van der Waals surface area contributed by atoms with Crippen molar-refractivity contribution in [2.45, 2.75) is 54.6 Å². The van der Waals surface area contributed by atoms with Gasteiger partial charge in [-0.2, -0.15) is 0 Å². The summed E-state index contributed by atoms with van der Waals surface area (Å²) in [5.41, 5.74) is -0.875. The van der Waals surface area contributed by atoms with E-state index in [2.05, 4.69) is 0 Å². The average molecular weight is 318 g/mol. The molecule has 3 rings (SSSR count). The molecule has 0 amide bonds. The standard InChI is InChI=1S/C15H17F3O2S/c16-12-4-9(5-13(17)14(12)18)6-15(19)7-10-2-1-3-11(8-15)21(10)20/h4-5,10-11,19H,1-3,6-8H2. The molecular weight excluding hydrogens is 301 g/mol. The van der Waals surface area contributed by atoms with E-state index in [9.17, 15) is 22.5 Å². The van der Waals surface area contributed by atoms with Crippen LogP contribution in [0, 0.1) is 17.5 Å². The Morgan fingerprint density at radius 1 is 1.14 bits per heavy atom. The molecule has 0 aliphatic carbocycles. The maximum absolute atomic E-state index is 13.3. The first-order valence-electron chi connectivity index (χ1n) is 7.13. The molecule has 2 heterocycles. The van der Waals surface area contributed by atoms with E-state index in [4.69, 9.17) is 0 Å². The quantitative estimate of drug-likeness (QED) is 0.852. The minimum atomic E-state index is -1.49. The monoisotopic (exact) mass is 318 g/mol. The molecular formula is C15H17F3O2S. The zero-order chi connectivity index (χ0) is 15.2. The largest absolute Gasteiger partial charge is 0.389 e. The van der Waals surface area contributed by atoms with E-state index < -0.39 is 33.9 Å². The number of hydrogen-bond acceptors (Lipinski definition) is 2. The molecule has 2 aliphatic rings. The summed E-state index contributed by atoms with van der Waals surface area (Å²) >= 11 is 0. The van der Waals surface area contributed by atoms with Gasteiger partial charge < -0.3 is 5.11 Å². The van der Waals surface area contributed by atoms with E-state index in [1.165, 1.54) is 0 Å². The van der Waals surface area contributed by atoms with Gasteiger partial charge in [0.05, 0.1) is 5.60 Å². The maximum Gasteiger partial charge on any atom is 0.194 e. The zero-order valence-corrected chi connectivity index (χ0v) is 12.3. The Kier molecular flexibility index (Phi) is 3.86. The molecule has 6 heteroatoms. The lowest BCUT2D eigenvalue weighted by Crippen LogP contribution is -2.50. The van der Waals surface area contributed by atoms with Crippen LogP contribution in [0.25, 0.3) is 0 Å². The summed E-state index contributed by atoms with van der Waals surface area (Å²) < 4.78 is 51.6. The van der Waals surface area contributed by atoms with Crippen LogP contribution in [0.5, 0.6) is 0 Å². The number of hydrogen-bond donors (Lipinski definition) is 1. The van der Waals surface area contributed by atoms with Crippen LogP contribution in [-0.4, -0.2) is 25.4 Å². The topological polar surface area (TPSA) is 37.3 Å². The van der Waals surface area contributed by atoms with Gasteiger partial charge in [-0.25, -0.2) is 13.2 Å². The number of halogens is 3. The fourth-order valence-electron chi connectivity index (χ4n) is 3.61. The second-order valence-electron chi connectivity index (χ2n) is 6.19. The van der Waals surface area contributed by atoms with Gasteiger partial charge in [0.25, 0.3) is 0 Å². The molecule has 2 fully saturated rings. The van der Waals surface area contributed by atoms with Gasteiger partial charge in [-0.05, 0) is 43.4 Å². The molecule has 0 aromatic heterocycles. The highest BCUT2D eigenvalue weighted by Gasteiger charge is 2.45. The lowest BCUT2D eigenvalue weighted by Gasteiger charge is -2.43. The third-order valence-electron chi connectivity index (χ3n) is 4.50. The van der Waals surface area contributed by atoms with Crippen molar-refractivity contribution in [1.82, 2.24) is 0 Å². The number of aliphatic hydroxyl groups is 1. The summed E-state index contributed by atoms with van der Waals surface area (Å²) in [5.74, 6) is -3.98. The van der Waals surface area contributed by atoms with Crippen molar-refractivity contribution in [3.05, 3.63) is 35.1 Å². The van der Waals surface area contributed by atoms with Crippen molar-refractivity contribution in [1.29, 1.82) is 0 Å². The summed E-state index contributed by atoms with van der Waals surface area (Å²) in [6, 6.07) is 1.86. The minimum absolute atomic E-state index is 0.0438. The average Bonchev–Trinajstić information content (AvgIpc) is 2.38. The van der Waals surface area contributed by atoms with Crippen LogP contribution in [-0.2, 0) is 17.2 Å². The van der Waals surface area contributed by atoms with E-state index in [0.717, 1.165) is 31.4 Å². The second-order valence-corrected chi connectivity index (χ2v) is 8.18. The Morgan fingerprint density at radius 2 is 1.67 bits per heavy atom. The van der Waals surface area contributed by atoms with Crippen LogP contribution in [0.4, 0.5) is 13.2 Å². The Morgan fingerprint density at radius 3 is 2.19 bits per heavy atom. The lowest BCUT2D eigenvalue weighted by molar-refractivity contribution is 0.0113. The van der Waals surface area contributed by atoms with Crippen LogP contribution < -0.4 is 0 Å². The first-order chi connectivity index (χ1) is 9.88. The molecule has 2 atom stereocenters. The summed E-state index contributed by atoms with van der Waals surface area (Å²) in [6.07, 6.45) is 3.45. The van der Waals surface area contributed by atoms with Crippen LogP contribution in [0.2, 0.25) is 0 Å². The highest BCUT2D eigenvalue weighted by atomic mass is 32.2. The van der Waals surface area contributed by atoms with Crippen molar-refractivity contribution in [2.24, 2.45) is 0 Å². The fourth-order valence-corrected chi connectivity index (χ4v) is 5.90. The molecule has 2 saturated heterocycles. The van der Waals surface area contributed by atoms with E-state index in [1.807, 2.05) is 0 Å². The smallest absolute Gasteiger partial charge is 0.194 e. The first kappa shape index (κ1) is 15.0. The Bertz CT molecular complexity index is 551. The molecule has 0 radical (unpaired) electrons. The van der Waals surface area contributed by atoms with Crippen molar-refractivity contribution in [3.63, 3.8) is 0 Å². The molecule has 2 bridgehead atoms. The second kappa shape index (κ2) is 5.39. The molecule has 2 aliphatic heterocycles. The molecule has 116 valence electrons. The van der Waals surface area contributed by atoms with Crippen molar-refractivity contribution < 1.29 is 22.5 Å². The molecule has 2 unspecified atom stereocenters. The molecule has 1 N–H and O–H groups in total.